The number of hydrogen-bond donors (Lipinski definition) is 0. The SMILES string of the molecule is O=[N+]([O-])c1cccc2nc(N3CCOCC3)sc12. The summed E-state index contributed by atoms with van der Waals surface area (Å²) in [7, 11) is 0. The molecule has 2 heterocycles. The van der Waals surface area contributed by atoms with Crippen LogP contribution < -0.4 is 4.90 Å². The summed E-state index contributed by atoms with van der Waals surface area (Å²) in [6.07, 6.45) is 0. The molecule has 3 rings (SSSR count). The van der Waals surface area contributed by atoms with Crippen molar-refractivity contribution in [3.8, 4) is 0 Å². The van der Waals surface area contributed by atoms with Crippen molar-refractivity contribution in [1.82, 2.24) is 4.98 Å². The van der Waals surface area contributed by atoms with Gasteiger partial charge in [0.15, 0.2) is 5.13 Å². The number of rotatable bonds is 2. The van der Waals surface area contributed by atoms with Crippen LogP contribution in [0, 0.1) is 10.1 Å². The molecule has 0 unspecified atom stereocenters. The maximum absolute atomic E-state index is 11.0. The van der Waals surface area contributed by atoms with E-state index >= 15 is 0 Å². The Balaban J connectivity index is 2.04. The van der Waals surface area contributed by atoms with Gasteiger partial charge in [0.25, 0.3) is 5.69 Å². The van der Waals surface area contributed by atoms with Gasteiger partial charge in [-0.2, -0.15) is 0 Å². The van der Waals surface area contributed by atoms with E-state index in [-0.39, 0.29) is 10.6 Å². The van der Waals surface area contributed by atoms with Crippen molar-refractivity contribution in [3.63, 3.8) is 0 Å². The monoisotopic (exact) mass is 265 g/mol. The summed E-state index contributed by atoms with van der Waals surface area (Å²) >= 11 is 1.38. The van der Waals surface area contributed by atoms with E-state index in [2.05, 4.69) is 9.88 Å². The molecule has 1 aliphatic heterocycles. The summed E-state index contributed by atoms with van der Waals surface area (Å²) in [6.45, 7) is 2.93. The summed E-state index contributed by atoms with van der Waals surface area (Å²) < 4.78 is 5.93. The van der Waals surface area contributed by atoms with Crippen LogP contribution in [0.15, 0.2) is 18.2 Å². The van der Waals surface area contributed by atoms with Crippen molar-refractivity contribution >= 4 is 32.4 Å². The van der Waals surface area contributed by atoms with Crippen LogP contribution in [0.3, 0.4) is 0 Å². The quantitative estimate of drug-likeness (QED) is 0.614. The fourth-order valence-electron chi connectivity index (χ4n) is 1.96. The van der Waals surface area contributed by atoms with Crippen molar-refractivity contribution in [2.24, 2.45) is 0 Å². The lowest BCUT2D eigenvalue weighted by atomic mass is 10.3. The lowest BCUT2D eigenvalue weighted by Crippen LogP contribution is -2.36. The fourth-order valence-corrected chi connectivity index (χ4v) is 3.06. The third-order valence-electron chi connectivity index (χ3n) is 2.86. The molecule has 1 aromatic heterocycles. The van der Waals surface area contributed by atoms with Gasteiger partial charge >= 0.3 is 0 Å². The number of anilines is 1. The Hall–Kier alpha value is -1.73. The number of nitro groups is 1. The molecule has 6 nitrogen and oxygen atoms in total. The largest absolute Gasteiger partial charge is 0.378 e. The van der Waals surface area contributed by atoms with Crippen LogP contribution in [0.2, 0.25) is 0 Å². The minimum absolute atomic E-state index is 0.129. The smallest absolute Gasteiger partial charge is 0.288 e. The van der Waals surface area contributed by atoms with E-state index in [1.54, 1.807) is 6.07 Å². The maximum Gasteiger partial charge on any atom is 0.288 e. The van der Waals surface area contributed by atoms with Crippen molar-refractivity contribution in [1.29, 1.82) is 0 Å². The molecule has 1 saturated heterocycles. The van der Waals surface area contributed by atoms with Crippen LogP contribution in [0.25, 0.3) is 10.2 Å². The third-order valence-corrected chi connectivity index (χ3v) is 4.02. The number of morpholine rings is 1. The summed E-state index contributed by atoms with van der Waals surface area (Å²) in [5, 5.41) is 11.8. The first-order valence-electron chi connectivity index (χ1n) is 5.62. The highest BCUT2D eigenvalue weighted by molar-refractivity contribution is 7.22. The molecule has 0 bridgehead atoms. The molecule has 7 heteroatoms. The summed E-state index contributed by atoms with van der Waals surface area (Å²) in [5.74, 6) is 0. The van der Waals surface area contributed by atoms with E-state index in [4.69, 9.17) is 4.74 Å². The minimum Gasteiger partial charge on any atom is -0.378 e. The van der Waals surface area contributed by atoms with Gasteiger partial charge in [-0.1, -0.05) is 17.4 Å². The number of fused-ring (bicyclic) bond motifs is 1. The van der Waals surface area contributed by atoms with Crippen LogP contribution in [0.5, 0.6) is 0 Å². The molecular weight excluding hydrogens is 254 g/mol. The number of thiazole rings is 1. The van der Waals surface area contributed by atoms with Gasteiger partial charge in [-0.25, -0.2) is 4.98 Å². The Bertz CT molecular complexity index is 592. The predicted octanol–water partition coefficient (Wildman–Crippen LogP) is 2.04. The number of nitrogens with zero attached hydrogens (tertiary/aromatic N) is 3. The van der Waals surface area contributed by atoms with Crippen molar-refractivity contribution < 1.29 is 9.66 Å². The second-order valence-electron chi connectivity index (χ2n) is 3.98. The minimum atomic E-state index is -0.358. The molecular formula is C11H11N3O3S. The summed E-state index contributed by atoms with van der Waals surface area (Å²) in [4.78, 5) is 17.2. The van der Waals surface area contributed by atoms with Gasteiger partial charge in [-0.15, -0.1) is 0 Å². The Kier molecular flexibility index (Phi) is 2.85. The normalized spacial score (nSPS) is 16.1. The summed E-state index contributed by atoms with van der Waals surface area (Å²) in [6, 6.07) is 5.00. The zero-order valence-corrected chi connectivity index (χ0v) is 10.4. The Morgan fingerprint density at radius 1 is 1.39 bits per heavy atom. The number of non-ortho nitro benzene ring substituents is 1. The fraction of sp³-hybridized carbons (Fsp3) is 0.364. The van der Waals surface area contributed by atoms with Gasteiger partial charge in [0.05, 0.1) is 23.7 Å². The van der Waals surface area contributed by atoms with Crippen LogP contribution in [-0.4, -0.2) is 36.2 Å². The molecule has 0 N–H and O–H groups in total. The van der Waals surface area contributed by atoms with Crippen LogP contribution in [-0.2, 0) is 4.74 Å². The average Bonchev–Trinajstić information content (AvgIpc) is 2.83. The van der Waals surface area contributed by atoms with Gasteiger partial charge in [-0.05, 0) is 6.07 Å². The third kappa shape index (κ3) is 1.91. The second kappa shape index (κ2) is 4.51. The van der Waals surface area contributed by atoms with E-state index in [9.17, 15) is 10.1 Å². The van der Waals surface area contributed by atoms with E-state index in [1.807, 2.05) is 6.07 Å². The first-order valence-corrected chi connectivity index (χ1v) is 6.44. The van der Waals surface area contributed by atoms with Gasteiger partial charge in [0.2, 0.25) is 0 Å². The van der Waals surface area contributed by atoms with Gasteiger partial charge in [0.1, 0.15) is 4.70 Å². The van der Waals surface area contributed by atoms with Crippen molar-refractivity contribution in [3.05, 3.63) is 28.3 Å². The number of aromatic nitrogens is 1. The summed E-state index contributed by atoms with van der Waals surface area (Å²) in [5.41, 5.74) is 0.820. The molecule has 2 aromatic rings. The van der Waals surface area contributed by atoms with E-state index < -0.39 is 0 Å². The lowest BCUT2D eigenvalue weighted by Gasteiger charge is -2.25. The topological polar surface area (TPSA) is 68.5 Å². The number of ether oxygens (including phenoxy) is 1. The molecule has 1 aliphatic rings. The Morgan fingerprint density at radius 3 is 2.89 bits per heavy atom. The molecule has 0 radical (unpaired) electrons. The molecule has 0 amide bonds. The highest BCUT2D eigenvalue weighted by Crippen LogP contribution is 2.35. The maximum atomic E-state index is 11.0. The van der Waals surface area contributed by atoms with Crippen LogP contribution >= 0.6 is 11.3 Å². The van der Waals surface area contributed by atoms with E-state index in [1.165, 1.54) is 17.4 Å². The molecule has 0 aliphatic carbocycles. The average molecular weight is 265 g/mol. The molecule has 94 valence electrons. The molecule has 0 spiro atoms. The van der Waals surface area contributed by atoms with Gasteiger partial charge in [-0.3, -0.25) is 10.1 Å². The first-order chi connectivity index (χ1) is 8.75. The van der Waals surface area contributed by atoms with Crippen LogP contribution in [0.4, 0.5) is 10.8 Å². The zero-order chi connectivity index (χ0) is 12.5. The number of benzene rings is 1. The molecule has 18 heavy (non-hydrogen) atoms. The van der Waals surface area contributed by atoms with Crippen LogP contribution in [0.1, 0.15) is 0 Å². The predicted molar refractivity (Wildman–Crippen MR) is 69.3 cm³/mol. The standard InChI is InChI=1S/C11H11N3O3S/c15-14(16)9-3-1-2-8-10(9)18-11(12-8)13-4-6-17-7-5-13/h1-3H,4-7H2. The highest BCUT2D eigenvalue weighted by atomic mass is 32.1. The van der Waals surface area contributed by atoms with E-state index in [0.717, 1.165) is 18.2 Å². The van der Waals surface area contributed by atoms with Crippen molar-refractivity contribution in [2.75, 3.05) is 31.2 Å². The zero-order valence-electron chi connectivity index (χ0n) is 9.54. The molecule has 1 aromatic carbocycles. The molecule has 0 atom stereocenters. The highest BCUT2D eigenvalue weighted by Gasteiger charge is 2.20. The Labute approximate surface area is 107 Å². The number of hydrogen-bond acceptors (Lipinski definition) is 6. The molecule has 0 saturated carbocycles. The van der Waals surface area contributed by atoms with E-state index in [0.29, 0.717) is 23.4 Å². The van der Waals surface area contributed by atoms with Gasteiger partial charge < -0.3 is 9.64 Å². The Morgan fingerprint density at radius 2 is 2.17 bits per heavy atom. The van der Waals surface area contributed by atoms with Gasteiger partial charge in [0, 0.05) is 19.2 Å². The molecule has 1 fully saturated rings. The lowest BCUT2D eigenvalue weighted by molar-refractivity contribution is -0.382. The number of nitro benzene ring substituents is 1. The second-order valence-corrected chi connectivity index (χ2v) is 4.96. The van der Waals surface area contributed by atoms with Crippen molar-refractivity contribution in [2.45, 2.75) is 0 Å². The first kappa shape index (κ1) is 11.4.